The average Bonchev–Trinajstić information content (AvgIpc) is 2.36. The van der Waals surface area contributed by atoms with Crippen molar-refractivity contribution in [1.29, 1.82) is 0 Å². The smallest absolute Gasteiger partial charge is 0.0671 e. The molecule has 1 heterocycles. The molecule has 0 bridgehead atoms. The van der Waals surface area contributed by atoms with Gasteiger partial charge in [0.05, 0.1) is 11.4 Å². The van der Waals surface area contributed by atoms with E-state index in [0.717, 1.165) is 11.4 Å². The molecule has 1 aliphatic heterocycles. The van der Waals surface area contributed by atoms with Gasteiger partial charge in [0.2, 0.25) is 0 Å². The fraction of sp³-hybridized carbons (Fsp3) is 0.400. The molecule has 2 nitrogen and oxygen atoms in total. The minimum atomic E-state index is -0.0645. The first-order valence-corrected chi connectivity index (χ1v) is 5.97. The van der Waals surface area contributed by atoms with Crippen LogP contribution in [0.4, 0.5) is 0 Å². The lowest BCUT2D eigenvalue weighted by Crippen LogP contribution is -2.21. The number of fused-ring (bicyclic) bond motifs is 1. The second-order valence-electron chi connectivity index (χ2n) is 5.77. The number of allylic oxidation sites excluding steroid dienone is 6. The highest BCUT2D eigenvalue weighted by molar-refractivity contribution is 6.05. The molecular weight excluding hydrogens is 208 g/mol. The number of nitrogens with zero attached hydrogens (tertiary/aromatic N) is 1. The summed E-state index contributed by atoms with van der Waals surface area (Å²) in [5.74, 6) is 0. The summed E-state index contributed by atoms with van der Waals surface area (Å²) in [6, 6.07) is 0. The van der Waals surface area contributed by atoms with Crippen LogP contribution in [0.3, 0.4) is 0 Å². The van der Waals surface area contributed by atoms with Gasteiger partial charge < -0.3 is 5.73 Å². The molecule has 0 amide bonds. The Morgan fingerprint density at radius 1 is 1.24 bits per heavy atom. The third kappa shape index (κ3) is 1.99. The number of aliphatic imine (C=N–C) groups is 1. The third-order valence-electron chi connectivity index (χ3n) is 3.38. The Hall–Kier alpha value is -1.57. The minimum absolute atomic E-state index is 0.0645. The van der Waals surface area contributed by atoms with Crippen molar-refractivity contribution in [2.75, 3.05) is 0 Å². The minimum Gasteiger partial charge on any atom is -0.405 e. The average molecular weight is 228 g/mol. The van der Waals surface area contributed by atoms with Gasteiger partial charge in [-0.25, -0.2) is 0 Å². The summed E-state index contributed by atoms with van der Waals surface area (Å²) in [7, 11) is 0. The van der Waals surface area contributed by atoms with Gasteiger partial charge in [0, 0.05) is 10.8 Å². The molecule has 2 N–H and O–H groups in total. The van der Waals surface area contributed by atoms with Gasteiger partial charge in [0.25, 0.3) is 0 Å². The lowest BCUT2D eigenvalue weighted by Gasteiger charge is -2.24. The summed E-state index contributed by atoms with van der Waals surface area (Å²) in [5.41, 5.74) is 8.88. The van der Waals surface area contributed by atoms with Crippen LogP contribution in [0.5, 0.6) is 0 Å². The molecule has 0 spiro atoms. The first-order chi connectivity index (χ1) is 7.87. The molecule has 0 aromatic carbocycles. The molecule has 2 aliphatic rings. The van der Waals surface area contributed by atoms with Crippen LogP contribution in [0.25, 0.3) is 0 Å². The largest absolute Gasteiger partial charge is 0.405 e. The maximum atomic E-state index is 5.49. The fourth-order valence-corrected chi connectivity index (χ4v) is 2.31. The van der Waals surface area contributed by atoms with E-state index in [2.05, 4.69) is 57.0 Å². The zero-order chi connectivity index (χ0) is 12.7. The molecule has 2 rings (SSSR count). The maximum absolute atomic E-state index is 5.49. The van der Waals surface area contributed by atoms with Gasteiger partial charge in [-0.1, -0.05) is 45.9 Å². The Labute approximate surface area is 103 Å². The first kappa shape index (κ1) is 11.9. The standard InChI is InChI=1S/C15H20N2/c1-14(2)8-5-6-12-11(10-14)15(3,4)13(17-12)7-9-16/h5-10H,16H2,1-4H3/b9-7+. The fourth-order valence-electron chi connectivity index (χ4n) is 2.31. The van der Waals surface area contributed by atoms with Crippen LogP contribution in [0.1, 0.15) is 27.7 Å². The van der Waals surface area contributed by atoms with Crippen molar-refractivity contribution >= 4 is 5.71 Å². The molecule has 0 atom stereocenters. The first-order valence-electron chi connectivity index (χ1n) is 5.97. The van der Waals surface area contributed by atoms with Crippen LogP contribution in [-0.2, 0) is 0 Å². The molecule has 1 aliphatic carbocycles. The van der Waals surface area contributed by atoms with E-state index < -0.39 is 0 Å². The van der Waals surface area contributed by atoms with Crippen LogP contribution >= 0.6 is 0 Å². The molecular formula is C15H20N2. The summed E-state index contributed by atoms with van der Waals surface area (Å²) in [6.45, 7) is 8.81. The maximum Gasteiger partial charge on any atom is 0.0671 e. The Morgan fingerprint density at radius 2 is 1.94 bits per heavy atom. The van der Waals surface area contributed by atoms with E-state index in [1.54, 1.807) is 6.20 Å². The second kappa shape index (κ2) is 3.73. The molecule has 0 unspecified atom stereocenters. The van der Waals surface area contributed by atoms with E-state index in [0.29, 0.717) is 0 Å². The van der Waals surface area contributed by atoms with Crippen molar-refractivity contribution in [2.45, 2.75) is 27.7 Å². The number of hydrogen-bond donors (Lipinski definition) is 1. The number of nitrogens with two attached hydrogens (primary N) is 1. The predicted molar refractivity (Wildman–Crippen MR) is 73.6 cm³/mol. The molecule has 0 saturated heterocycles. The third-order valence-corrected chi connectivity index (χ3v) is 3.38. The van der Waals surface area contributed by atoms with Crippen LogP contribution in [0.2, 0.25) is 0 Å². The van der Waals surface area contributed by atoms with E-state index in [-0.39, 0.29) is 10.8 Å². The summed E-state index contributed by atoms with van der Waals surface area (Å²) in [5, 5.41) is 0. The van der Waals surface area contributed by atoms with E-state index in [1.807, 2.05) is 6.08 Å². The van der Waals surface area contributed by atoms with E-state index in [4.69, 9.17) is 5.73 Å². The molecule has 0 aromatic heterocycles. The van der Waals surface area contributed by atoms with Crippen LogP contribution < -0.4 is 5.73 Å². The lowest BCUT2D eigenvalue weighted by molar-refractivity contribution is 0.589. The summed E-state index contributed by atoms with van der Waals surface area (Å²) in [6.07, 6.45) is 12.1. The van der Waals surface area contributed by atoms with Crippen LogP contribution in [0, 0.1) is 10.8 Å². The Kier molecular flexibility index (Phi) is 2.61. The topological polar surface area (TPSA) is 38.4 Å². The van der Waals surface area contributed by atoms with Crippen LogP contribution in [-0.4, -0.2) is 5.71 Å². The zero-order valence-corrected chi connectivity index (χ0v) is 11.0. The normalized spacial score (nSPS) is 25.1. The quantitative estimate of drug-likeness (QED) is 0.734. The molecule has 90 valence electrons. The highest BCUT2D eigenvalue weighted by atomic mass is 14.8. The van der Waals surface area contributed by atoms with Crippen molar-refractivity contribution in [3.8, 4) is 0 Å². The number of hydrogen-bond acceptors (Lipinski definition) is 2. The zero-order valence-electron chi connectivity index (χ0n) is 11.0. The van der Waals surface area contributed by atoms with Crippen molar-refractivity contribution in [3.63, 3.8) is 0 Å². The van der Waals surface area contributed by atoms with Gasteiger partial charge in [0.15, 0.2) is 0 Å². The van der Waals surface area contributed by atoms with Gasteiger partial charge in [-0.15, -0.1) is 0 Å². The monoisotopic (exact) mass is 228 g/mol. The van der Waals surface area contributed by atoms with Gasteiger partial charge >= 0.3 is 0 Å². The molecule has 0 aromatic rings. The predicted octanol–water partition coefficient (Wildman–Crippen LogP) is 3.35. The van der Waals surface area contributed by atoms with E-state index in [1.165, 1.54) is 5.57 Å². The van der Waals surface area contributed by atoms with Crippen molar-refractivity contribution in [3.05, 3.63) is 47.9 Å². The molecule has 0 saturated carbocycles. The highest BCUT2D eigenvalue weighted by Crippen LogP contribution is 2.44. The number of rotatable bonds is 1. The van der Waals surface area contributed by atoms with Crippen molar-refractivity contribution in [1.82, 2.24) is 0 Å². The Bertz CT molecular complexity index is 483. The van der Waals surface area contributed by atoms with Crippen LogP contribution in [0.15, 0.2) is 52.8 Å². The van der Waals surface area contributed by atoms with Crippen molar-refractivity contribution < 1.29 is 0 Å². The SMILES string of the molecule is CC1(C)C=CC=C2N=C(/C=C/N)C(C)(C)C2=C1. The van der Waals surface area contributed by atoms with Crippen molar-refractivity contribution in [2.24, 2.45) is 21.6 Å². The Balaban J connectivity index is 2.56. The lowest BCUT2D eigenvalue weighted by atomic mass is 9.77. The van der Waals surface area contributed by atoms with E-state index in [9.17, 15) is 0 Å². The van der Waals surface area contributed by atoms with Gasteiger partial charge in [-0.05, 0) is 23.9 Å². The molecule has 17 heavy (non-hydrogen) atoms. The molecule has 2 heteroatoms. The summed E-state index contributed by atoms with van der Waals surface area (Å²) >= 11 is 0. The highest BCUT2D eigenvalue weighted by Gasteiger charge is 2.37. The molecule has 0 fully saturated rings. The van der Waals surface area contributed by atoms with E-state index >= 15 is 0 Å². The summed E-state index contributed by atoms with van der Waals surface area (Å²) < 4.78 is 0. The second-order valence-corrected chi connectivity index (χ2v) is 5.77. The molecule has 0 radical (unpaired) electrons. The van der Waals surface area contributed by atoms with Gasteiger partial charge in [-0.2, -0.15) is 0 Å². The summed E-state index contributed by atoms with van der Waals surface area (Å²) in [4.78, 5) is 4.67. The van der Waals surface area contributed by atoms with Gasteiger partial charge in [-0.3, -0.25) is 4.99 Å². The Morgan fingerprint density at radius 3 is 2.59 bits per heavy atom. The van der Waals surface area contributed by atoms with Gasteiger partial charge in [0.1, 0.15) is 0 Å².